The zero-order valence-corrected chi connectivity index (χ0v) is 21.1. The second-order valence-electron chi connectivity index (χ2n) is 9.91. The summed E-state index contributed by atoms with van der Waals surface area (Å²) in [5.74, 6) is 0.471. The van der Waals surface area contributed by atoms with E-state index in [0.29, 0.717) is 17.2 Å². The van der Waals surface area contributed by atoms with E-state index in [2.05, 4.69) is 36.5 Å². The number of aryl methyl sites for hydroxylation is 3. The van der Waals surface area contributed by atoms with Crippen molar-refractivity contribution in [3.05, 3.63) is 82.5 Å². The number of nitrogens with one attached hydrogen (secondary N) is 2. The van der Waals surface area contributed by atoms with E-state index in [9.17, 15) is 9.59 Å². The van der Waals surface area contributed by atoms with Gasteiger partial charge in [-0.25, -0.2) is 4.98 Å². The van der Waals surface area contributed by atoms with Crippen molar-refractivity contribution in [2.24, 2.45) is 0 Å². The summed E-state index contributed by atoms with van der Waals surface area (Å²) in [6, 6.07) is 17.3. The first kappa shape index (κ1) is 24.1. The monoisotopic (exact) mass is 469 g/mol. The molecule has 0 aliphatic heterocycles. The number of amides is 2. The first-order valence-electron chi connectivity index (χ1n) is 11.7. The lowest BCUT2D eigenvalue weighted by atomic mass is 9.87. The van der Waals surface area contributed by atoms with Gasteiger partial charge in [0.05, 0.1) is 17.8 Å². The molecule has 2 amide bonds. The second kappa shape index (κ2) is 9.33. The van der Waals surface area contributed by atoms with Crippen LogP contribution in [-0.2, 0) is 10.2 Å². The van der Waals surface area contributed by atoms with Crippen LogP contribution in [0.4, 0.5) is 5.82 Å². The van der Waals surface area contributed by atoms with Gasteiger partial charge in [-0.05, 0) is 61.1 Å². The molecule has 2 N–H and O–H groups in total. The van der Waals surface area contributed by atoms with Crippen LogP contribution in [-0.4, -0.2) is 33.1 Å². The van der Waals surface area contributed by atoms with Gasteiger partial charge in [0.2, 0.25) is 5.91 Å². The van der Waals surface area contributed by atoms with Crippen molar-refractivity contribution in [1.82, 2.24) is 20.1 Å². The number of hydrogen-bond donors (Lipinski definition) is 2. The molecule has 0 fully saturated rings. The molecule has 0 aliphatic carbocycles. The zero-order chi connectivity index (χ0) is 25.3. The molecule has 0 saturated carbocycles. The molecule has 0 radical (unpaired) electrons. The minimum Gasteiger partial charge on any atom is -0.343 e. The van der Waals surface area contributed by atoms with Gasteiger partial charge in [0.25, 0.3) is 5.91 Å². The predicted molar refractivity (Wildman–Crippen MR) is 139 cm³/mol. The number of carbonyl (C=O) groups is 2. The molecule has 2 aromatic carbocycles. The van der Waals surface area contributed by atoms with Gasteiger partial charge in [0.15, 0.2) is 5.82 Å². The Bertz CT molecular complexity index is 1410. The third kappa shape index (κ3) is 5.24. The number of para-hydroxylation sites is 1. The lowest BCUT2D eigenvalue weighted by Gasteiger charge is -2.19. The first-order valence-corrected chi connectivity index (χ1v) is 11.7. The van der Waals surface area contributed by atoms with Gasteiger partial charge in [0, 0.05) is 17.0 Å². The Labute approximate surface area is 205 Å². The topological polar surface area (TPSA) is 88.9 Å². The van der Waals surface area contributed by atoms with E-state index in [1.54, 1.807) is 22.9 Å². The van der Waals surface area contributed by atoms with Gasteiger partial charge in [-0.15, -0.1) is 0 Å². The highest BCUT2D eigenvalue weighted by molar-refractivity contribution is 5.99. The third-order valence-corrected chi connectivity index (χ3v) is 5.97. The number of pyridine rings is 1. The number of anilines is 1. The smallest absolute Gasteiger partial charge is 0.251 e. The van der Waals surface area contributed by atoms with Gasteiger partial charge in [-0.1, -0.05) is 51.1 Å². The largest absolute Gasteiger partial charge is 0.343 e. The van der Waals surface area contributed by atoms with Gasteiger partial charge in [-0.3, -0.25) is 9.59 Å². The van der Waals surface area contributed by atoms with Crippen LogP contribution in [0.15, 0.2) is 54.6 Å². The second-order valence-corrected chi connectivity index (χ2v) is 9.91. The highest BCUT2D eigenvalue weighted by Crippen LogP contribution is 2.25. The fraction of sp³-hybridized carbons (Fsp3) is 0.286. The van der Waals surface area contributed by atoms with Crippen molar-refractivity contribution in [1.29, 1.82) is 0 Å². The van der Waals surface area contributed by atoms with Crippen molar-refractivity contribution >= 4 is 28.5 Å². The van der Waals surface area contributed by atoms with Crippen LogP contribution in [0.3, 0.4) is 0 Å². The summed E-state index contributed by atoms with van der Waals surface area (Å²) in [5.41, 5.74) is 5.45. The Morgan fingerprint density at radius 3 is 2.34 bits per heavy atom. The maximum absolute atomic E-state index is 12.7. The van der Waals surface area contributed by atoms with Gasteiger partial charge >= 0.3 is 0 Å². The van der Waals surface area contributed by atoms with E-state index in [1.807, 2.05) is 57.2 Å². The number of hydrogen-bond acceptors (Lipinski definition) is 4. The number of fused-ring (bicyclic) bond motifs is 1. The van der Waals surface area contributed by atoms with Gasteiger partial charge < -0.3 is 10.6 Å². The molecule has 180 valence electrons. The summed E-state index contributed by atoms with van der Waals surface area (Å²) < 4.78 is 1.62. The fourth-order valence-corrected chi connectivity index (χ4v) is 3.99. The normalized spacial score (nSPS) is 11.5. The maximum Gasteiger partial charge on any atom is 0.251 e. The average molecular weight is 470 g/mol. The SMILES string of the molecule is Cc1cc(NC(=O)CNC(=O)c2ccc(C(C)(C)C)cc2)n(-c2cc(C)c3cccc(C)c3n2)n1. The van der Waals surface area contributed by atoms with Crippen molar-refractivity contribution in [2.75, 3.05) is 11.9 Å². The third-order valence-electron chi connectivity index (χ3n) is 5.97. The number of benzene rings is 2. The molecular weight excluding hydrogens is 438 g/mol. The molecule has 2 heterocycles. The predicted octanol–water partition coefficient (Wildman–Crippen LogP) is 5.01. The molecular formula is C28H31N5O2. The summed E-state index contributed by atoms with van der Waals surface area (Å²) in [6.45, 7) is 12.1. The highest BCUT2D eigenvalue weighted by Gasteiger charge is 2.16. The van der Waals surface area contributed by atoms with Gasteiger partial charge in [-0.2, -0.15) is 9.78 Å². The number of carbonyl (C=O) groups excluding carboxylic acids is 2. The van der Waals surface area contributed by atoms with E-state index in [4.69, 9.17) is 4.98 Å². The van der Waals surface area contributed by atoms with Crippen LogP contribution in [0, 0.1) is 20.8 Å². The molecule has 4 aromatic rings. The molecule has 0 saturated heterocycles. The Morgan fingerprint density at radius 1 is 0.943 bits per heavy atom. The summed E-state index contributed by atoms with van der Waals surface area (Å²) >= 11 is 0. The molecule has 0 bridgehead atoms. The van der Waals surface area contributed by atoms with Crippen LogP contribution in [0.2, 0.25) is 0 Å². The lowest BCUT2D eigenvalue weighted by Crippen LogP contribution is -2.33. The molecule has 35 heavy (non-hydrogen) atoms. The number of rotatable bonds is 5. The Hall–Kier alpha value is -4.00. The quantitative estimate of drug-likeness (QED) is 0.430. The summed E-state index contributed by atoms with van der Waals surface area (Å²) in [7, 11) is 0. The number of nitrogens with zero attached hydrogens (tertiary/aromatic N) is 3. The van der Waals surface area contributed by atoms with Crippen LogP contribution in [0.25, 0.3) is 16.7 Å². The van der Waals surface area contributed by atoms with E-state index in [0.717, 1.165) is 33.3 Å². The van der Waals surface area contributed by atoms with E-state index >= 15 is 0 Å². The molecule has 2 aromatic heterocycles. The van der Waals surface area contributed by atoms with Crippen molar-refractivity contribution in [3.8, 4) is 5.82 Å². The van der Waals surface area contributed by atoms with Crippen molar-refractivity contribution in [2.45, 2.75) is 47.0 Å². The fourth-order valence-electron chi connectivity index (χ4n) is 3.99. The maximum atomic E-state index is 12.7. The molecule has 0 spiro atoms. The van der Waals surface area contributed by atoms with E-state index in [1.165, 1.54) is 0 Å². The summed E-state index contributed by atoms with van der Waals surface area (Å²) in [4.78, 5) is 30.0. The summed E-state index contributed by atoms with van der Waals surface area (Å²) in [6.07, 6.45) is 0. The average Bonchev–Trinajstić information content (AvgIpc) is 3.17. The zero-order valence-electron chi connectivity index (χ0n) is 21.1. The van der Waals surface area contributed by atoms with Crippen molar-refractivity contribution < 1.29 is 9.59 Å². The molecule has 0 atom stereocenters. The first-order chi connectivity index (χ1) is 16.5. The lowest BCUT2D eigenvalue weighted by molar-refractivity contribution is -0.115. The molecule has 7 heteroatoms. The van der Waals surface area contributed by atoms with E-state index < -0.39 is 0 Å². The van der Waals surface area contributed by atoms with E-state index in [-0.39, 0.29) is 23.8 Å². The Balaban J connectivity index is 1.48. The number of aromatic nitrogens is 3. The minimum atomic E-state index is -0.348. The summed E-state index contributed by atoms with van der Waals surface area (Å²) in [5, 5.41) is 11.2. The Kier molecular flexibility index (Phi) is 6.43. The molecule has 0 unspecified atom stereocenters. The molecule has 7 nitrogen and oxygen atoms in total. The molecule has 0 aliphatic rings. The Morgan fingerprint density at radius 2 is 1.66 bits per heavy atom. The van der Waals surface area contributed by atoms with Gasteiger partial charge in [0.1, 0.15) is 5.82 Å². The van der Waals surface area contributed by atoms with Crippen LogP contribution in [0.1, 0.15) is 53.5 Å². The standard InChI is InChI=1S/C28H31N5O2/c1-17-8-7-9-22-18(2)14-23(31-26(17)22)33-24(15-19(3)32-33)30-25(34)16-29-27(35)20-10-12-21(13-11-20)28(4,5)6/h7-15H,16H2,1-6H3,(H,29,35)(H,30,34). The highest BCUT2D eigenvalue weighted by atomic mass is 16.2. The van der Waals surface area contributed by atoms with Crippen LogP contribution >= 0.6 is 0 Å². The molecule has 4 rings (SSSR count). The van der Waals surface area contributed by atoms with Crippen LogP contribution in [0.5, 0.6) is 0 Å². The van der Waals surface area contributed by atoms with Crippen molar-refractivity contribution in [3.63, 3.8) is 0 Å². The minimum absolute atomic E-state index is 0.00705. The van der Waals surface area contributed by atoms with Crippen LogP contribution < -0.4 is 10.6 Å².